The van der Waals surface area contributed by atoms with E-state index in [1.807, 2.05) is 31.2 Å². The summed E-state index contributed by atoms with van der Waals surface area (Å²) in [4.78, 5) is 33.8. The fourth-order valence-electron chi connectivity index (χ4n) is 5.64. The average molecular weight is 613 g/mol. The van der Waals surface area contributed by atoms with Gasteiger partial charge in [-0.25, -0.2) is 13.2 Å². The van der Waals surface area contributed by atoms with Crippen molar-refractivity contribution >= 4 is 44.4 Å². The number of sulfonamides is 1. The first-order valence-electron chi connectivity index (χ1n) is 13.0. The van der Waals surface area contributed by atoms with E-state index in [1.165, 1.54) is 24.3 Å². The largest absolute Gasteiger partial charge is 0.492 e. The van der Waals surface area contributed by atoms with Gasteiger partial charge in [-0.05, 0) is 73.1 Å². The maximum absolute atomic E-state index is 13.5. The van der Waals surface area contributed by atoms with Gasteiger partial charge in [0, 0.05) is 22.6 Å². The molecule has 3 heterocycles. The van der Waals surface area contributed by atoms with Gasteiger partial charge in [0.25, 0.3) is 10.0 Å². The van der Waals surface area contributed by atoms with Crippen LogP contribution >= 0.6 is 11.6 Å². The van der Waals surface area contributed by atoms with Crippen molar-refractivity contribution in [2.24, 2.45) is 0 Å². The van der Waals surface area contributed by atoms with Crippen molar-refractivity contribution in [1.29, 1.82) is 0 Å². The zero-order valence-corrected chi connectivity index (χ0v) is 23.5. The molecule has 0 aliphatic carbocycles. The summed E-state index contributed by atoms with van der Waals surface area (Å²) in [6.07, 6.45) is -4.49. The van der Waals surface area contributed by atoms with E-state index in [4.69, 9.17) is 11.6 Å². The van der Waals surface area contributed by atoms with E-state index < -0.39 is 34.3 Å². The predicted octanol–water partition coefficient (Wildman–Crippen LogP) is 4.03. The fourth-order valence-corrected chi connectivity index (χ4v) is 7.24. The lowest BCUT2D eigenvalue weighted by molar-refractivity contribution is -0.227. The van der Waals surface area contributed by atoms with Crippen LogP contribution in [0.25, 0.3) is 10.9 Å². The van der Waals surface area contributed by atoms with E-state index in [0.29, 0.717) is 25.1 Å². The molecule has 1 amide bonds. The van der Waals surface area contributed by atoms with Crippen LogP contribution < -0.4 is 5.32 Å². The molecule has 9 nitrogen and oxygen atoms in total. The van der Waals surface area contributed by atoms with Gasteiger partial charge in [-0.3, -0.25) is 4.79 Å². The molecule has 2 aliphatic heterocycles. The number of nitrogens with one attached hydrogen (secondary N) is 2. The van der Waals surface area contributed by atoms with E-state index in [0.717, 1.165) is 22.2 Å². The molecule has 2 atom stereocenters. The molecule has 3 aromatic rings. The number of hydroxylamine groups is 1. The van der Waals surface area contributed by atoms with Gasteiger partial charge in [-0.15, -0.1) is 11.6 Å². The quantitative estimate of drug-likeness (QED) is 0.321. The van der Waals surface area contributed by atoms with Crippen molar-refractivity contribution in [3.8, 4) is 0 Å². The first-order valence-corrected chi connectivity index (χ1v) is 15.0. The van der Waals surface area contributed by atoms with E-state index >= 15 is 0 Å². The molecule has 1 fully saturated rings. The topological polar surface area (TPSA) is 112 Å². The third-order valence-corrected chi connectivity index (χ3v) is 9.46. The molecule has 1 saturated heterocycles. The van der Waals surface area contributed by atoms with Gasteiger partial charge < -0.3 is 20.0 Å². The van der Waals surface area contributed by atoms with Crippen LogP contribution in [-0.4, -0.2) is 71.9 Å². The van der Waals surface area contributed by atoms with Crippen LogP contribution in [0.3, 0.4) is 0 Å². The fraction of sp³-hybridized carbons (Fsp3) is 0.407. The van der Waals surface area contributed by atoms with Crippen molar-refractivity contribution < 1.29 is 36.0 Å². The summed E-state index contributed by atoms with van der Waals surface area (Å²) >= 11 is 5.96. The highest BCUT2D eigenvalue weighted by molar-refractivity contribution is 7.89. The normalized spacial score (nSPS) is 20.3. The van der Waals surface area contributed by atoms with Gasteiger partial charge in [-0.2, -0.15) is 13.2 Å². The lowest BCUT2D eigenvalue weighted by Crippen LogP contribution is -2.48. The molecule has 14 heteroatoms. The summed E-state index contributed by atoms with van der Waals surface area (Å²) in [5, 5.41) is 4.01. The molecule has 2 aromatic carbocycles. The minimum atomic E-state index is -5.38. The molecule has 1 aromatic heterocycles. The molecule has 0 bridgehead atoms. The number of alkyl halides is 4. The molecular weight excluding hydrogens is 585 g/mol. The van der Waals surface area contributed by atoms with E-state index in [1.54, 1.807) is 4.90 Å². The lowest BCUT2D eigenvalue weighted by atomic mass is 9.88. The van der Waals surface area contributed by atoms with Gasteiger partial charge in [0.1, 0.15) is 5.88 Å². The van der Waals surface area contributed by atoms with Crippen LogP contribution in [0, 0.1) is 0 Å². The zero-order valence-electron chi connectivity index (χ0n) is 21.9. The molecular formula is C27H28ClF3N4O5S. The molecule has 2 N–H and O–H groups in total. The van der Waals surface area contributed by atoms with Crippen LogP contribution in [0.5, 0.6) is 0 Å². The summed E-state index contributed by atoms with van der Waals surface area (Å²) in [6, 6.07) is 11.4. The molecule has 5 rings (SSSR count). The number of benzene rings is 2. The number of amides is 1. The summed E-state index contributed by atoms with van der Waals surface area (Å²) < 4.78 is 66.4. The standard InChI is InChI=1S/C27H28ClF3N4O5S/c1-16-14-21-20-4-2-3-5-22(20)33-24(21)25(34(16)23(36)15-28)17-6-8-19(9-7-17)41(38,39)35(18-10-12-32-13-11-18)40-26(37)27(29,30)31/h2-9,16,18,25,32-33H,10-15H2,1H3/t16-,25+/m0/s1. The Bertz CT molecular complexity index is 1560. The number of carbonyl (C=O) groups is 2. The van der Waals surface area contributed by atoms with Crippen LogP contribution in [-0.2, 0) is 30.9 Å². The van der Waals surface area contributed by atoms with E-state index in [2.05, 4.69) is 15.1 Å². The third kappa shape index (κ3) is 5.55. The minimum Gasteiger partial charge on any atom is -0.356 e. The van der Waals surface area contributed by atoms with Crippen molar-refractivity contribution in [2.75, 3.05) is 19.0 Å². The van der Waals surface area contributed by atoms with Crippen molar-refractivity contribution in [1.82, 2.24) is 19.7 Å². The number of piperidine rings is 1. The predicted molar refractivity (Wildman–Crippen MR) is 144 cm³/mol. The molecule has 0 unspecified atom stereocenters. The molecule has 0 spiro atoms. The number of hydrogen-bond donors (Lipinski definition) is 2. The van der Waals surface area contributed by atoms with Gasteiger partial charge in [-0.1, -0.05) is 30.3 Å². The van der Waals surface area contributed by atoms with Crippen LogP contribution in [0.4, 0.5) is 13.2 Å². The van der Waals surface area contributed by atoms with Crippen LogP contribution in [0.2, 0.25) is 0 Å². The Morgan fingerprint density at radius 1 is 1.10 bits per heavy atom. The number of para-hydroxylation sites is 1. The number of fused-ring (bicyclic) bond motifs is 3. The lowest BCUT2D eigenvalue weighted by Gasteiger charge is -2.41. The number of hydrogen-bond acceptors (Lipinski definition) is 6. The first-order chi connectivity index (χ1) is 19.4. The van der Waals surface area contributed by atoms with E-state index in [9.17, 15) is 31.2 Å². The smallest absolute Gasteiger partial charge is 0.356 e. The molecule has 0 saturated carbocycles. The number of carbonyl (C=O) groups excluding carboxylic acids is 2. The first kappa shape index (κ1) is 29.4. The Balaban J connectivity index is 1.54. The highest BCUT2D eigenvalue weighted by atomic mass is 35.5. The zero-order chi connectivity index (χ0) is 29.5. The number of nitrogens with zero attached hydrogens (tertiary/aromatic N) is 2. The van der Waals surface area contributed by atoms with Crippen molar-refractivity contribution in [3.05, 3.63) is 65.4 Å². The Hall–Kier alpha value is -3.13. The minimum absolute atomic E-state index is 0.154. The number of rotatable bonds is 6. The summed E-state index contributed by atoms with van der Waals surface area (Å²) in [5.41, 5.74) is 3.26. The van der Waals surface area contributed by atoms with Crippen molar-refractivity contribution in [3.63, 3.8) is 0 Å². The number of aromatic amines is 1. The summed E-state index contributed by atoms with van der Waals surface area (Å²) in [7, 11) is -4.68. The number of halogens is 4. The number of H-pyrrole nitrogens is 1. The van der Waals surface area contributed by atoms with Gasteiger partial charge in [0.2, 0.25) is 5.91 Å². The van der Waals surface area contributed by atoms with Crippen molar-refractivity contribution in [2.45, 2.75) is 55.4 Å². The highest BCUT2D eigenvalue weighted by Gasteiger charge is 2.46. The van der Waals surface area contributed by atoms with Gasteiger partial charge in [0.05, 0.1) is 17.0 Å². The Labute approximate surface area is 239 Å². The number of aromatic nitrogens is 1. The Kier molecular flexibility index (Phi) is 8.07. The maximum atomic E-state index is 13.5. The SMILES string of the molecule is C[C@H]1Cc2c([nH]c3ccccc23)[C@@H](c2ccc(S(=O)(=O)N(OC(=O)C(F)(F)F)C3CCNCC3)cc2)N1C(=O)CCl. The van der Waals surface area contributed by atoms with Gasteiger partial charge >= 0.3 is 12.1 Å². The Morgan fingerprint density at radius 2 is 1.76 bits per heavy atom. The van der Waals surface area contributed by atoms with Gasteiger partial charge in [0.15, 0.2) is 0 Å². The second-order valence-electron chi connectivity index (χ2n) is 10.1. The monoisotopic (exact) mass is 612 g/mol. The second kappa shape index (κ2) is 11.3. The Morgan fingerprint density at radius 3 is 2.39 bits per heavy atom. The summed E-state index contributed by atoms with van der Waals surface area (Å²) in [6.45, 7) is 2.60. The van der Waals surface area contributed by atoms with Crippen LogP contribution in [0.15, 0.2) is 53.4 Å². The molecule has 2 aliphatic rings. The highest BCUT2D eigenvalue weighted by Crippen LogP contribution is 2.41. The molecule has 41 heavy (non-hydrogen) atoms. The summed E-state index contributed by atoms with van der Waals surface area (Å²) in [5.74, 6) is -3.17. The third-order valence-electron chi connectivity index (χ3n) is 7.52. The molecule has 0 radical (unpaired) electrons. The maximum Gasteiger partial charge on any atom is 0.492 e. The average Bonchev–Trinajstić information content (AvgIpc) is 3.32. The van der Waals surface area contributed by atoms with E-state index in [-0.39, 0.29) is 40.0 Å². The molecule has 220 valence electrons. The van der Waals surface area contributed by atoms with Crippen LogP contribution in [0.1, 0.15) is 42.6 Å². The second-order valence-corrected chi connectivity index (χ2v) is 12.2.